The van der Waals surface area contributed by atoms with Crippen LogP contribution in [0.25, 0.3) is 0 Å². The van der Waals surface area contributed by atoms with Crippen LogP contribution in [0.3, 0.4) is 0 Å². The molecule has 2 aromatic rings. The van der Waals surface area contributed by atoms with E-state index in [1.807, 2.05) is 24.3 Å². The lowest BCUT2D eigenvalue weighted by Crippen LogP contribution is -2.24. The lowest BCUT2D eigenvalue weighted by molar-refractivity contribution is 0.0985. The summed E-state index contributed by atoms with van der Waals surface area (Å²) in [6.07, 6.45) is 5.50. The van der Waals surface area contributed by atoms with Crippen LogP contribution in [-0.2, 0) is 36.7 Å². The highest BCUT2D eigenvalue weighted by molar-refractivity contribution is 7.83. The third-order valence-electron chi connectivity index (χ3n) is 5.64. The minimum atomic E-state index is -1.24. The maximum atomic E-state index is 13.0. The fraction of sp³-hybridized carbons (Fsp3) is 0.522. The Morgan fingerprint density at radius 1 is 1.24 bits per heavy atom. The number of nitrogens with one attached hydrogen (secondary N) is 1. The van der Waals surface area contributed by atoms with Crippen LogP contribution < -0.4 is 10.5 Å². The number of Topliss-reactive ketones (excluding diaryl/α,β-unsaturated/α-hetero) is 1. The molecule has 0 saturated heterocycles. The summed E-state index contributed by atoms with van der Waals surface area (Å²) in [4.78, 5) is 16.1. The van der Waals surface area contributed by atoms with Gasteiger partial charge in [0, 0.05) is 24.4 Å². The molecule has 158 valence electrons. The Hall–Kier alpha value is -1.34. The second-order valence-electron chi connectivity index (χ2n) is 8.52. The van der Waals surface area contributed by atoms with Crippen LogP contribution in [0.5, 0.6) is 0 Å². The average molecular weight is 433 g/mol. The van der Waals surface area contributed by atoms with E-state index in [-0.39, 0.29) is 5.78 Å². The summed E-state index contributed by atoms with van der Waals surface area (Å²) in [7, 11) is -1.24. The minimum absolute atomic E-state index is 0.267. The summed E-state index contributed by atoms with van der Waals surface area (Å²) >= 11 is 1.72. The Balaban J connectivity index is 1.66. The number of benzene rings is 1. The second-order valence-corrected chi connectivity index (χ2v) is 10.9. The van der Waals surface area contributed by atoms with Gasteiger partial charge in [-0.05, 0) is 66.3 Å². The van der Waals surface area contributed by atoms with E-state index in [1.54, 1.807) is 11.3 Å². The molecule has 3 rings (SSSR count). The maximum Gasteiger partial charge on any atom is 0.173 e. The third-order valence-corrected chi connectivity index (χ3v) is 8.26. The molecule has 4 nitrogen and oxygen atoms in total. The molecule has 3 N–H and O–H groups in total. The molecule has 0 spiro atoms. The Kier molecular flexibility index (Phi) is 7.43. The van der Waals surface area contributed by atoms with Gasteiger partial charge in [-0.1, -0.05) is 32.9 Å². The minimum Gasteiger partial charge on any atom is -0.329 e. The SMILES string of the molecule is CCc1sc(C(=O)CCc2ccc(S(=O)NCCN)cc2)c2c1CC(C)(C)CC2. The summed E-state index contributed by atoms with van der Waals surface area (Å²) < 4.78 is 14.9. The number of carbonyl (C=O) groups excluding carboxylic acids is 1. The fourth-order valence-corrected chi connectivity index (χ4v) is 6.08. The van der Waals surface area contributed by atoms with Crippen LogP contribution in [0.2, 0.25) is 0 Å². The predicted molar refractivity (Wildman–Crippen MR) is 122 cm³/mol. The topological polar surface area (TPSA) is 72.2 Å². The van der Waals surface area contributed by atoms with Crippen LogP contribution >= 0.6 is 11.3 Å². The number of rotatable bonds is 9. The van der Waals surface area contributed by atoms with Crippen molar-refractivity contribution in [3.63, 3.8) is 0 Å². The van der Waals surface area contributed by atoms with Crippen LogP contribution in [0.4, 0.5) is 0 Å². The first-order valence-electron chi connectivity index (χ1n) is 10.5. The van der Waals surface area contributed by atoms with Crippen LogP contribution in [-0.4, -0.2) is 23.1 Å². The largest absolute Gasteiger partial charge is 0.329 e. The molecule has 29 heavy (non-hydrogen) atoms. The number of nitrogens with two attached hydrogens (primary N) is 1. The van der Waals surface area contributed by atoms with E-state index in [0.29, 0.717) is 31.3 Å². The Morgan fingerprint density at radius 2 is 1.97 bits per heavy atom. The quantitative estimate of drug-likeness (QED) is 0.583. The lowest BCUT2D eigenvalue weighted by Gasteiger charge is -2.30. The zero-order valence-corrected chi connectivity index (χ0v) is 19.3. The molecule has 0 saturated carbocycles. The zero-order chi connectivity index (χ0) is 21.0. The van der Waals surface area contributed by atoms with Crippen molar-refractivity contribution < 1.29 is 9.00 Å². The summed E-state index contributed by atoms with van der Waals surface area (Å²) in [5, 5.41) is 0. The Morgan fingerprint density at radius 3 is 2.62 bits per heavy atom. The van der Waals surface area contributed by atoms with Crippen molar-refractivity contribution in [3.8, 4) is 0 Å². The predicted octanol–water partition coefficient (Wildman–Crippen LogP) is 4.21. The van der Waals surface area contributed by atoms with Gasteiger partial charge in [-0.3, -0.25) is 4.79 Å². The number of ketones is 1. The normalized spacial score (nSPS) is 16.4. The zero-order valence-electron chi connectivity index (χ0n) is 17.7. The number of hydrogen-bond acceptors (Lipinski definition) is 4. The molecular formula is C23H32N2O2S2. The highest BCUT2D eigenvalue weighted by atomic mass is 32.2. The van der Waals surface area contributed by atoms with Gasteiger partial charge in [-0.2, -0.15) is 0 Å². The second kappa shape index (κ2) is 9.65. The smallest absolute Gasteiger partial charge is 0.173 e. The van der Waals surface area contributed by atoms with Crippen LogP contribution in [0.15, 0.2) is 29.2 Å². The van der Waals surface area contributed by atoms with E-state index in [1.165, 1.54) is 16.0 Å². The molecule has 1 heterocycles. The monoisotopic (exact) mass is 432 g/mol. The molecule has 1 aromatic carbocycles. The molecule has 6 heteroatoms. The molecule has 1 aromatic heterocycles. The van der Waals surface area contributed by atoms with Gasteiger partial charge in [-0.15, -0.1) is 11.3 Å². The first kappa shape index (κ1) is 22.3. The third kappa shape index (κ3) is 5.43. The summed E-state index contributed by atoms with van der Waals surface area (Å²) in [5.41, 5.74) is 9.64. The Labute approximate surface area is 180 Å². The van der Waals surface area contributed by atoms with Crippen molar-refractivity contribution >= 4 is 28.1 Å². The molecule has 0 radical (unpaired) electrons. The van der Waals surface area contributed by atoms with E-state index < -0.39 is 11.0 Å². The van der Waals surface area contributed by atoms with Gasteiger partial charge in [0.2, 0.25) is 0 Å². The van der Waals surface area contributed by atoms with Gasteiger partial charge in [0.15, 0.2) is 5.78 Å². The highest BCUT2D eigenvalue weighted by Gasteiger charge is 2.31. The van der Waals surface area contributed by atoms with Gasteiger partial charge in [0.1, 0.15) is 11.0 Å². The van der Waals surface area contributed by atoms with E-state index in [0.717, 1.165) is 41.0 Å². The lowest BCUT2D eigenvalue weighted by atomic mass is 9.74. The van der Waals surface area contributed by atoms with E-state index >= 15 is 0 Å². The molecule has 0 amide bonds. The first-order valence-corrected chi connectivity index (χ1v) is 12.4. The Bertz CT molecular complexity index is 885. The molecule has 1 aliphatic rings. The molecule has 1 atom stereocenters. The molecule has 1 unspecified atom stereocenters. The highest BCUT2D eigenvalue weighted by Crippen LogP contribution is 2.42. The summed E-state index contributed by atoms with van der Waals surface area (Å²) in [6, 6.07) is 7.66. The molecular weight excluding hydrogens is 400 g/mol. The molecule has 0 bridgehead atoms. The van der Waals surface area contributed by atoms with E-state index in [9.17, 15) is 9.00 Å². The van der Waals surface area contributed by atoms with Gasteiger partial charge in [0.25, 0.3) is 0 Å². The van der Waals surface area contributed by atoms with Crippen molar-refractivity contribution in [1.82, 2.24) is 4.72 Å². The fourth-order valence-electron chi connectivity index (χ4n) is 3.95. The maximum absolute atomic E-state index is 13.0. The van der Waals surface area contributed by atoms with Gasteiger partial charge < -0.3 is 5.73 Å². The van der Waals surface area contributed by atoms with Crippen molar-refractivity contribution in [3.05, 3.63) is 50.7 Å². The number of aryl methyl sites for hydroxylation is 2. The van der Waals surface area contributed by atoms with Crippen molar-refractivity contribution in [1.29, 1.82) is 0 Å². The van der Waals surface area contributed by atoms with Gasteiger partial charge in [-0.25, -0.2) is 8.93 Å². The average Bonchev–Trinajstić information content (AvgIpc) is 3.07. The van der Waals surface area contributed by atoms with Crippen molar-refractivity contribution in [2.45, 2.75) is 64.2 Å². The van der Waals surface area contributed by atoms with Crippen LogP contribution in [0.1, 0.15) is 64.9 Å². The number of carbonyl (C=O) groups is 1. The molecule has 0 fully saturated rings. The summed E-state index contributed by atoms with van der Waals surface area (Å²) in [6.45, 7) is 7.82. The van der Waals surface area contributed by atoms with Gasteiger partial charge in [0.05, 0.1) is 9.77 Å². The first-order chi connectivity index (χ1) is 13.8. The molecule has 1 aliphatic carbocycles. The van der Waals surface area contributed by atoms with E-state index in [2.05, 4.69) is 25.5 Å². The number of thiophene rings is 1. The van der Waals surface area contributed by atoms with Crippen molar-refractivity contribution in [2.24, 2.45) is 11.1 Å². The van der Waals surface area contributed by atoms with Crippen LogP contribution in [0, 0.1) is 5.41 Å². The molecule has 0 aliphatic heterocycles. The number of hydrogen-bond donors (Lipinski definition) is 2. The van der Waals surface area contributed by atoms with E-state index in [4.69, 9.17) is 5.73 Å². The van der Waals surface area contributed by atoms with Gasteiger partial charge >= 0.3 is 0 Å². The summed E-state index contributed by atoms with van der Waals surface area (Å²) in [5.74, 6) is 0.267. The standard InChI is InChI=1S/C23H32N2O2S2/c1-4-21-19-15-23(2,3)12-11-18(19)22(28-21)20(26)10-7-16-5-8-17(9-6-16)29(27)25-14-13-24/h5-6,8-9,25H,4,7,10-15,24H2,1-3H3. The number of fused-ring (bicyclic) bond motifs is 1. The van der Waals surface area contributed by atoms with Crippen molar-refractivity contribution in [2.75, 3.05) is 13.1 Å².